The monoisotopic (exact) mass is 273 g/mol. The molecule has 5 nitrogen and oxygen atoms in total. The third kappa shape index (κ3) is 2.35. The molecule has 1 atom stereocenters. The normalized spacial score (nSPS) is 17.8. The molecule has 106 valence electrons. The largest absolute Gasteiger partial charge is 0.469 e. The van der Waals surface area contributed by atoms with Crippen LogP contribution in [0.25, 0.3) is 0 Å². The van der Waals surface area contributed by atoms with E-state index in [9.17, 15) is 4.79 Å². The number of hydrogen-bond donors (Lipinski definition) is 0. The van der Waals surface area contributed by atoms with Crippen LogP contribution in [0.5, 0.6) is 0 Å². The average molecular weight is 273 g/mol. The van der Waals surface area contributed by atoms with Gasteiger partial charge >= 0.3 is 0 Å². The second-order valence-electron chi connectivity index (χ2n) is 5.47. The van der Waals surface area contributed by atoms with E-state index >= 15 is 0 Å². The molecule has 0 N–H and O–H groups in total. The highest BCUT2D eigenvalue weighted by Gasteiger charge is 2.23. The van der Waals surface area contributed by atoms with Crippen LogP contribution >= 0.6 is 0 Å². The minimum atomic E-state index is 0.0326. The number of rotatable bonds is 3. The summed E-state index contributed by atoms with van der Waals surface area (Å²) in [5.74, 6) is 2.32. The Morgan fingerprint density at radius 3 is 3.20 bits per heavy atom. The van der Waals surface area contributed by atoms with E-state index in [1.165, 1.54) is 0 Å². The van der Waals surface area contributed by atoms with Crippen LogP contribution in [0.15, 0.2) is 29.1 Å². The summed E-state index contributed by atoms with van der Waals surface area (Å²) in [5, 5.41) is 0. The van der Waals surface area contributed by atoms with Crippen LogP contribution in [-0.4, -0.2) is 34.0 Å². The number of carbonyl (C=O) groups is 1. The van der Waals surface area contributed by atoms with Crippen LogP contribution < -0.4 is 0 Å². The molecule has 3 rings (SSSR count). The van der Waals surface area contributed by atoms with Crippen molar-refractivity contribution in [3.8, 4) is 0 Å². The lowest BCUT2D eigenvalue weighted by Gasteiger charge is -2.27. The number of imidazole rings is 1. The number of furan rings is 1. The summed E-state index contributed by atoms with van der Waals surface area (Å²) in [6.07, 6.45) is 7.46. The van der Waals surface area contributed by atoms with Gasteiger partial charge in [-0.2, -0.15) is 0 Å². The standard InChI is InChI=1S/C15H19N3O2/c1-11-13(4-8-20-11)15(19)17(2)10-12-3-6-18-7-5-16-14(18)9-12/h4-5,7-8,12H,3,6,9-10H2,1-2H3/t12-/m0/s1. The van der Waals surface area contributed by atoms with Gasteiger partial charge < -0.3 is 13.9 Å². The van der Waals surface area contributed by atoms with Crippen LogP contribution in [-0.2, 0) is 13.0 Å². The van der Waals surface area contributed by atoms with Gasteiger partial charge in [-0.15, -0.1) is 0 Å². The Kier molecular flexibility index (Phi) is 3.34. The van der Waals surface area contributed by atoms with Crippen molar-refractivity contribution in [2.24, 2.45) is 5.92 Å². The fraction of sp³-hybridized carbons (Fsp3) is 0.467. The van der Waals surface area contributed by atoms with Crippen LogP contribution in [0.2, 0.25) is 0 Å². The maximum atomic E-state index is 12.3. The predicted molar refractivity (Wildman–Crippen MR) is 74.4 cm³/mol. The fourth-order valence-electron chi connectivity index (χ4n) is 2.85. The molecule has 0 saturated heterocycles. The molecule has 0 unspecified atom stereocenters. The second-order valence-corrected chi connectivity index (χ2v) is 5.47. The van der Waals surface area contributed by atoms with E-state index in [0.29, 0.717) is 17.2 Å². The van der Waals surface area contributed by atoms with Gasteiger partial charge in [-0.25, -0.2) is 4.98 Å². The van der Waals surface area contributed by atoms with Crippen molar-refractivity contribution in [2.45, 2.75) is 26.3 Å². The van der Waals surface area contributed by atoms with Crippen molar-refractivity contribution in [2.75, 3.05) is 13.6 Å². The van der Waals surface area contributed by atoms with E-state index in [2.05, 4.69) is 9.55 Å². The Labute approximate surface area is 118 Å². The molecule has 0 aliphatic carbocycles. The molecule has 2 aromatic rings. The van der Waals surface area contributed by atoms with Crippen LogP contribution in [0.1, 0.15) is 28.4 Å². The number of carbonyl (C=O) groups excluding carboxylic acids is 1. The van der Waals surface area contributed by atoms with Gasteiger partial charge in [0.15, 0.2) is 0 Å². The third-order valence-electron chi connectivity index (χ3n) is 4.02. The lowest BCUT2D eigenvalue weighted by atomic mass is 9.97. The van der Waals surface area contributed by atoms with Crippen molar-refractivity contribution in [1.82, 2.24) is 14.5 Å². The first-order chi connectivity index (χ1) is 9.65. The molecule has 20 heavy (non-hydrogen) atoms. The maximum absolute atomic E-state index is 12.3. The molecule has 0 aromatic carbocycles. The van der Waals surface area contributed by atoms with E-state index in [-0.39, 0.29) is 5.91 Å². The number of aryl methyl sites for hydroxylation is 2. The SMILES string of the molecule is Cc1occc1C(=O)N(C)C[C@H]1CCn2ccnc2C1. The smallest absolute Gasteiger partial charge is 0.257 e. The van der Waals surface area contributed by atoms with Crippen molar-refractivity contribution in [3.63, 3.8) is 0 Å². The third-order valence-corrected chi connectivity index (χ3v) is 4.02. The molecule has 3 heterocycles. The molecule has 1 amide bonds. The van der Waals surface area contributed by atoms with Gasteiger partial charge in [0.2, 0.25) is 0 Å². The molecule has 2 aromatic heterocycles. The van der Waals surface area contributed by atoms with Gasteiger partial charge in [0, 0.05) is 39.0 Å². The highest BCUT2D eigenvalue weighted by Crippen LogP contribution is 2.21. The summed E-state index contributed by atoms with van der Waals surface area (Å²) in [6.45, 7) is 3.57. The molecular weight excluding hydrogens is 254 g/mol. The van der Waals surface area contributed by atoms with E-state index in [4.69, 9.17) is 4.42 Å². The first kappa shape index (κ1) is 13.0. The molecular formula is C15H19N3O2. The summed E-state index contributed by atoms with van der Waals surface area (Å²) < 4.78 is 7.39. The molecule has 1 aliphatic heterocycles. The molecule has 5 heteroatoms. The van der Waals surface area contributed by atoms with Gasteiger partial charge in [-0.05, 0) is 25.3 Å². The minimum absolute atomic E-state index is 0.0326. The topological polar surface area (TPSA) is 51.3 Å². The number of amides is 1. The summed E-state index contributed by atoms with van der Waals surface area (Å²) in [5.41, 5.74) is 0.657. The van der Waals surface area contributed by atoms with Crippen molar-refractivity contribution in [1.29, 1.82) is 0 Å². The minimum Gasteiger partial charge on any atom is -0.469 e. The van der Waals surface area contributed by atoms with Crippen molar-refractivity contribution in [3.05, 3.63) is 41.9 Å². The quantitative estimate of drug-likeness (QED) is 0.860. The number of nitrogens with zero attached hydrogens (tertiary/aromatic N) is 3. The van der Waals surface area contributed by atoms with Gasteiger partial charge in [-0.1, -0.05) is 0 Å². The van der Waals surface area contributed by atoms with Crippen LogP contribution in [0.3, 0.4) is 0 Å². The lowest BCUT2D eigenvalue weighted by Crippen LogP contribution is -2.35. The number of fused-ring (bicyclic) bond motifs is 1. The first-order valence-electron chi connectivity index (χ1n) is 6.94. The summed E-state index contributed by atoms with van der Waals surface area (Å²) in [6, 6.07) is 1.74. The van der Waals surface area contributed by atoms with Crippen LogP contribution in [0, 0.1) is 12.8 Å². The highest BCUT2D eigenvalue weighted by molar-refractivity contribution is 5.94. The Balaban J connectivity index is 1.64. The Hall–Kier alpha value is -2.04. The molecule has 0 spiro atoms. The van der Waals surface area contributed by atoms with Crippen LogP contribution in [0.4, 0.5) is 0 Å². The highest BCUT2D eigenvalue weighted by atomic mass is 16.3. The van der Waals surface area contributed by atoms with Gasteiger partial charge in [0.05, 0.1) is 11.8 Å². The zero-order valence-electron chi connectivity index (χ0n) is 11.9. The van der Waals surface area contributed by atoms with Crippen molar-refractivity contribution < 1.29 is 9.21 Å². The summed E-state index contributed by atoms with van der Waals surface area (Å²) in [7, 11) is 1.86. The molecule has 1 aliphatic rings. The number of hydrogen-bond acceptors (Lipinski definition) is 3. The molecule has 0 radical (unpaired) electrons. The predicted octanol–water partition coefficient (Wildman–Crippen LogP) is 2.12. The van der Waals surface area contributed by atoms with Gasteiger partial charge in [0.1, 0.15) is 11.6 Å². The van der Waals surface area contributed by atoms with E-state index in [0.717, 1.165) is 31.8 Å². The van der Waals surface area contributed by atoms with E-state index < -0.39 is 0 Å². The fourth-order valence-corrected chi connectivity index (χ4v) is 2.85. The van der Waals surface area contributed by atoms with E-state index in [1.807, 2.05) is 26.4 Å². The van der Waals surface area contributed by atoms with E-state index in [1.54, 1.807) is 17.2 Å². The van der Waals surface area contributed by atoms with Crippen molar-refractivity contribution >= 4 is 5.91 Å². The first-order valence-corrected chi connectivity index (χ1v) is 6.94. The second kappa shape index (κ2) is 5.15. The van der Waals surface area contributed by atoms with Gasteiger partial charge in [-0.3, -0.25) is 4.79 Å². The molecule has 0 fully saturated rings. The Bertz CT molecular complexity index is 614. The Morgan fingerprint density at radius 2 is 2.45 bits per heavy atom. The summed E-state index contributed by atoms with van der Waals surface area (Å²) >= 11 is 0. The molecule has 0 saturated carbocycles. The average Bonchev–Trinajstić information content (AvgIpc) is 3.05. The lowest BCUT2D eigenvalue weighted by molar-refractivity contribution is 0.0762. The maximum Gasteiger partial charge on any atom is 0.257 e. The van der Waals surface area contributed by atoms with Gasteiger partial charge in [0.25, 0.3) is 5.91 Å². The zero-order valence-corrected chi connectivity index (χ0v) is 11.9. The Morgan fingerprint density at radius 1 is 1.60 bits per heavy atom. The summed E-state index contributed by atoms with van der Waals surface area (Å²) in [4.78, 5) is 18.5. The number of aromatic nitrogens is 2. The zero-order chi connectivity index (χ0) is 14.1. The molecule has 0 bridgehead atoms.